The first-order chi connectivity index (χ1) is 12.5. The summed E-state index contributed by atoms with van der Waals surface area (Å²) in [6.07, 6.45) is -19.1. The molecule has 0 aromatic heterocycles. The van der Waals surface area contributed by atoms with E-state index < -0.39 is 80.7 Å². The third-order valence-corrected chi connectivity index (χ3v) is 4.00. The van der Waals surface area contributed by atoms with Crippen LogP contribution in [0.15, 0.2) is 0 Å². The van der Waals surface area contributed by atoms with Gasteiger partial charge in [0.2, 0.25) is 0 Å². The van der Waals surface area contributed by atoms with Crippen LogP contribution in [-0.4, -0.2) is 88.3 Å². The van der Waals surface area contributed by atoms with Gasteiger partial charge in [-0.1, -0.05) is 0 Å². The fraction of sp³-hybridized carbons (Fsp3) is 1.00. The monoisotopic (exact) mass is 440 g/mol. The quantitative estimate of drug-likeness (QED) is 0.333. The Hall–Kier alpha value is -0.870. The Morgan fingerprint density at radius 2 is 1.36 bits per heavy atom. The van der Waals surface area contributed by atoms with Crippen molar-refractivity contribution in [3.05, 3.63) is 0 Å². The third kappa shape index (κ3) is 4.64. The molecule has 28 heavy (non-hydrogen) atoms. The number of halogens is 9. The van der Waals surface area contributed by atoms with Crippen LogP contribution in [0.4, 0.5) is 39.5 Å². The molecule has 0 aromatic carbocycles. The summed E-state index contributed by atoms with van der Waals surface area (Å²) in [4.78, 5) is 0. The third-order valence-electron chi connectivity index (χ3n) is 4.00. The predicted octanol–water partition coefficient (Wildman–Crippen LogP) is 1.05. The van der Waals surface area contributed by atoms with E-state index in [0.29, 0.717) is 0 Å². The number of ether oxygens (including phenoxy) is 2. The van der Waals surface area contributed by atoms with Crippen molar-refractivity contribution in [1.29, 1.82) is 0 Å². The van der Waals surface area contributed by atoms with E-state index in [1.165, 1.54) is 0 Å². The average Bonchev–Trinajstić information content (AvgIpc) is 2.55. The molecule has 1 fully saturated rings. The van der Waals surface area contributed by atoms with Crippen molar-refractivity contribution >= 4 is 0 Å². The standard InChI is InChI=1S/C13H17F9O6/c14-10(15,11(16,17)12(18,19)13(20,21)22)2-1-3-27-8-6(24)5(4-23)28-9(26)7(8)25/h5-9,23-26H,1-4H2/t5-,6-,7-,8+,9?/m1/s1. The van der Waals surface area contributed by atoms with Gasteiger partial charge in [-0.3, -0.25) is 0 Å². The van der Waals surface area contributed by atoms with Crippen LogP contribution in [0.5, 0.6) is 0 Å². The summed E-state index contributed by atoms with van der Waals surface area (Å²) in [5.41, 5.74) is 0. The lowest BCUT2D eigenvalue weighted by molar-refractivity contribution is -0.397. The molecule has 1 aliphatic heterocycles. The second-order valence-corrected chi connectivity index (χ2v) is 6.02. The van der Waals surface area contributed by atoms with Gasteiger partial charge < -0.3 is 29.9 Å². The fourth-order valence-electron chi connectivity index (χ4n) is 2.34. The van der Waals surface area contributed by atoms with Gasteiger partial charge in [0.15, 0.2) is 6.29 Å². The first-order valence-corrected chi connectivity index (χ1v) is 7.63. The normalized spacial score (nSPS) is 30.5. The lowest BCUT2D eigenvalue weighted by atomic mass is 9.98. The second kappa shape index (κ2) is 8.47. The second-order valence-electron chi connectivity index (χ2n) is 6.02. The molecule has 1 heterocycles. The van der Waals surface area contributed by atoms with Crippen molar-refractivity contribution in [2.45, 2.75) is 67.5 Å². The molecule has 4 N–H and O–H groups in total. The van der Waals surface area contributed by atoms with Crippen molar-refractivity contribution in [3.8, 4) is 0 Å². The summed E-state index contributed by atoms with van der Waals surface area (Å²) >= 11 is 0. The minimum Gasteiger partial charge on any atom is -0.394 e. The molecular formula is C13H17F9O6. The maximum Gasteiger partial charge on any atom is 0.460 e. The van der Waals surface area contributed by atoms with Crippen molar-refractivity contribution in [3.63, 3.8) is 0 Å². The van der Waals surface area contributed by atoms with E-state index >= 15 is 0 Å². The number of rotatable bonds is 8. The molecule has 5 atom stereocenters. The Morgan fingerprint density at radius 3 is 1.82 bits per heavy atom. The molecule has 15 heteroatoms. The first kappa shape index (κ1) is 25.2. The molecule has 6 nitrogen and oxygen atoms in total. The van der Waals surface area contributed by atoms with Crippen molar-refractivity contribution in [2.24, 2.45) is 0 Å². The van der Waals surface area contributed by atoms with Gasteiger partial charge in [-0.05, 0) is 6.42 Å². The molecule has 0 amide bonds. The van der Waals surface area contributed by atoms with Crippen molar-refractivity contribution < 1.29 is 69.4 Å². The van der Waals surface area contributed by atoms with Crippen molar-refractivity contribution in [2.75, 3.05) is 13.2 Å². The summed E-state index contributed by atoms with van der Waals surface area (Å²) in [5, 5.41) is 37.6. The van der Waals surface area contributed by atoms with E-state index in [4.69, 9.17) is 9.84 Å². The van der Waals surface area contributed by atoms with Gasteiger partial charge in [-0.15, -0.1) is 0 Å². The van der Waals surface area contributed by atoms with Gasteiger partial charge in [0, 0.05) is 13.0 Å². The van der Waals surface area contributed by atoms with Crippen LogP contribution in [0.25, 0.3) is 0 Å². The Kier molecular flexibility index (Phi) is 7.62. The lowest BCUT2D eigenvalue weighted by Crippen LogP contribution is -2.61. The van der Waals surface area contributed by atoms with E-state index in [2.05, 4.69) is 4.74 Å². The molecule has 1 aliphatic rings. The molecule has 0 aliphatic carbocycles. The summed E-state index contributed by atoms with van der Waals surface area (Å²) < 4.78 is 124. The highest BCUT2D eigenvalue weighted by atomic mass is 19.4. The highest BCUT2D eigenvalue weighted by molar-refractivity contribution is 5.00. The van der Waals surface area contributed by atoms with E-state index in [0.717, 1.165) is 0 Å². The number of alkyl halides is 9. The summed E-state index contributed by atoms with van der Waals surface area (Å²) in [5.74, 6) is -19.5. The van der Waals surface area contributed by atoms with Gasteiger partial charge in [0.1, 0.15) is 24.4 Å². The summed E-state index contributed by atoms with van der Waals surface area (Å²) in [6.45, 7) is -1.85. The van der Waals surface area contributed by atoms with Crippen LogP contribution in [-0.2, 0) is 9.47 Å². The van der Waals surface area contributed by atoms with E-state index in [-0.39, 0.29) is 0 Å². The van der Waals surface area contributed by atoms with Crippen molar-refractivity contribution in [1.82, 2.24) is 0 Å². The zero-order valence-electron chi connectivity index (χ0n) is 13.7. The van der Waals surface area contributed by atoms with Crippen LogP contribution in [0.1, 0.15) is 12.8 Å². The van der Waals surface area contributed by atoms with E-state index in [1.807, 2.05) is 0 Å². The molecule has 0 aromatic rings. The fourth-order valence-corrected chi connectivity index (χ4v) is 2.34. The molecule has 1 unspecified atom stereocenters. The predicted molar refractivity (Wildman–Crippen MR) is 69.8 cm³/mol. The number of aliphatic hydroxyl groups is 4. The maximum absolute atomic E-state index is 13.3. The Morgan fingerprint density at radius 1 is 0.821 bits per heavy atom. The van der Waals surface area contributed by atoms with Gasteiger partial charge in [0.05, 0.1) is 6.61 Å². The lowest BCUT2D eigenvalue weighted by Gasteiger charge is -2.40. The van der Waals surface area contributed by atoms with Gasteiger partial charge in [-0.25, -0.2) is 0 Å². The molecule has 1 rings (SSSR count). The van der Waals surface area contributed by atoms with Crippen LogP contribution < -0.4 is 0 Å². The number of aliphatic hydroxyl groups excluding tert-OH is 4. The van der Waals surface area contributed by atoms with E-state index in [1.54, 1.807) is 0 Å². The van der Waals surface area contributed by atoms with Gasteiger partial charge in [0.25, 0.3) is 0 Å². The smallest absolute Gasteiger partial charge is 0.394 e. The summed E-state index contributed by atoms with van der Waals surface area (Å²) in [6, 6.07) is 0. The molecular weight excluding hydrogens is 423 g/mol. The molecule has 168 valence electrons. The number of hydrogen-bond acceptors (Lipinski definition) is 6. The molecule has 0 saturated carbocycles. The topological polar surface area (TPSA) is 99.4 Å². The Labute approximate surface area is 151 Å². The Balaban J connectivity index is 2.71. The first-order valence-electron chi connectivity index (χ1n) is 7.63. The minimum atomic E-state index is -6.99. The number of hydrogen-bond donors (Lipinski definition) is 4. The minimum absolute atomic E-state index is 0.859. The van der Waals surface area contributed by atoms with Crippen LogP contribution in [0.3, 0.4) is 0 Å². The highest BCUT2D eigenvalue weighted by Gasteiger charge is 2.81. The molecule has 0 spiro atoms. The average molecular weight is 440 g/mol. The zero-order valence-corrected chi connectivity index (χ0v) is 13.7. The van der Waals surface area contributed by atoms with Gasteiger partial charge in [-0.2, -0.15) is 39.5 Å². The molecule has 1 saturated heterocycles. The molecule has 0 bridgehead atoms. The Bertz CT molecular complexity index is 515. The van der Waals surface area contributed by atoms with E-state index in [9.17, 15) is 54.8 Å². The highest BCUT2D eigenvalue weighted by Crippen LogP contribution is 2.54. The largest absolute Gasteiger partial charge is 0.460 e. The van der Waals surface area contributed by atoms with Crippen LogP contribution >= 0.6 is 0 Å². The van der Waals surface area contributed by atoms with Crippen LogP contribution in [0.2, 0.25) is 0 Å². The van der Waals surface area contributed by atoms with Crippen LogP contribution in [0, 0.1) is 0 Å². The molecule has 0 radical (unpaired) electrons. The zero-order chi connectivity index (χ0) is 22.1. The van der Waals surface area contributed by atoms with Gasteiger partial charge >= 0.3 is 23.9 Å². The summed E-state index contributed by atoms with van der Waals surface area (Å²) in [7, 11) is 0. The maximum atomic E-state index is 13.3. The SMILES string of the molecule is OC[C@H]1OC(O)[C@H](O)[C@@H](OCCCC(F)(F)C(F)(F)C(F)(F)C(F)(F)F)[C@@H]1O.